The Morgan fingerprint density at radius 3 is 2.57 bits per heavy atom. The number of imidazole rings is 1. The van der Waals surface area contributed by atoms with E-state index in [1.807, 2.05) is 10.8 Å². The number of nitrogens with one attached hydrogen (secondary N) is 1. The van der Waals surface area contributed by atoms with Crippen molar-refractivity contribution in [1.29, 1.82) is 0 Å². The smallest absolute Gasteiger partial charge is 0.275 e. The maximum atomic E-state index is 13.6. The molecule has 0 aliphatic rings. The van der Waals surface area contributed by atoms with Crippen molar-refractivity contribution >= 4 is 11.4 Å². The molecule has 0 bridgehead atoms. The summed E-state index contributed by atoms with van der Waals surface area (Å²) in [5, 5.41) is 13.1. The fourth-order valence-corrected chi connectivity index (χ4v) is 1.89. The van der Waals surface area contributed by atoms with E-state index in [-0.39, 0.29) is 5.69 Å². The van der Waals surface area contributed by atoms with Crippen molar-refractivity contribution in [2.45, 2.75) is 19.4 Å². The van der Waals surface area contributed by atoms with Crippen molar-refractivity contribution < 1.29 is 13.7 Å². The minimum Gasteiger partial charge on any atom is -0.380 e. The fraction of sp³-hybridized carbons (Fsp3) is 0.308. The highest BCUT2D eigenvalue weighted by molar-refractivity contribution is 5.51. The van der Waals surface area contributed by atoms with Crippen LogP contribution in [-0.2, 0) is 6.54 Å². The number of rotatable bonds is 7. The third kappa shape index (κ3) is 3.98. The van der Waals surface area contributed by atoms with Gasteiger partial charge in [-0.05, 0) is 12.8 Å². The van der Waals surface area contributed by atoms with Crippen molar-refractivity contribution in [3.8, 4) is 0 Å². The lowest BCUT2D eigenvalue weighted by molar-refractivity contribution is -0.385. The molecule has 0 spiro atoms. The minimum atomic E-state index is -0.962. The van der Waals surface area contributed by atoms with Gasteiger partial charge < -0.3 is 9.88 Å². The molecule has 1 aromatic carbocycles. The zero-order valence-corrected chi connectivity index (χ0v) is 11.1. The Labute approximate surface area is 119 Å². The largest absolute Gasteiger partial charge is 0.380 e. The number of aromatic nitrogens is 2. The van der Waals surface area contributed by atoms with Crippen molar-refractivity contribution in [3.05, 3.63) is 52.6 Å². The Kier molecular flexibility index (Phi) is 4.81. The van der Waals surface area contributed by atoms with E-state index in [4.69, 9.17) is 0 Å². The van der Waals surface area contributed by atoms with Crippen LogP contribution in [0.25, 0.3) is 0 Å². The van der Waals surface area contributed by atoms with Crippen LogP contribution in [0.3, 0.4) is 0 Å². The van der Waals surface area contributed by atoms with Gasteiger partial charge in [0.15, 0.2) is 11.6 Å². The second-order valence-corrected chi connectivity index (χ2v) is 4.48. The van der Waals surface area contributed by atoms with Gasteiger partial charge in [-0.25, -0.2) is 13.8 Å². The van der Waals surface area contributed by atoms with Gasteiger partial charge in [-0.15, -0.1) is 0 Å². The monoisotopic (exact) mass is 296 g/mol. The van der Waals surface area contributed by atoms with Gasteiger partial charge in [0.2, 0.25) is 0 Å². The topological polar surface area (TPSA) is 73.0 Å². The molecule has 0 atom stereocenters. The predicted molar refractivity (Wildman–Crippen MR) is 73.0 cm³/mol. The maximum absolute atomic E-state index is 13.6. The number of anilines is 1. The van der Waals surface area contributed by atoms with Crippen LogP contribution in [0, 0.1) is 21.7 Å². The molecule has 0 fully saturated rings. The molecule has 0 saturated heterocycles. The Balaban J connectivity index is 1.84. The summed E-state index contributed by atoms with van der Waals surface area (Å²) in [6.45, 7) is 1.15. The number of nitrogens with zero attached hydrogens (tertiary/aromatic N) is 3. The van der Waals surface area contributed by atoms with Crippen LogP contribution in [0.2, 0.25) is 0 Å². The van der Waals surface area contributed by atoms with Gasteiger partial charge in [0, 0.05) is 25.5 Å². The molecule has 0 saturated carbocycles. The van der Waals surface area contributed by atoms with Crippen LogP contribution < -0.4 is 5.32 Å². The summed E-state index contributed by atoms with van der Waals surface area (Å²) in [5.74, 6) is -1.92. The first kappa shape index (κ1) is 14.9. The van der Waals surface area contributed by atoms with E-state index < -0.39 is 22.2 Å². The molecular weight excluding hydrogens is 282 g/mol. The number of nitro benzene ring substituents is 1. The number of non-ortho nitro benzene ring substituents is 1. The van der Waals surface area contributed by atoms with Gasteiger partial charge >= 0.3 is 0 Å². The molecule has 2 aromatic rings. The molecule has 0 radical (unpaired) electrons. The van der Waals surface area contributed by atoms with Crippen LogP contribution >= 0.6 is 0 Å². The molecule has 1 N–H and O–H groups in total. The Morgan fingerprint density at radius 2 is 2.00 bits per heavy atom. The molecule has 0 unspecified atom stereocenters. The zero-order valence-electron chi connectivity index (χ0n) is 11.1. The van der Waals surface area contributed by atoms with E-state index in [2.05, 4.69) is 10.3 Å². The maximum Gasteiger partial charge on any atom is 0.275 e. The number of unbranched alkanes of at least 4 members (excludes halogenated alkanes) is 1. The lowest BCUT2D eigenvalue weighted by Crippen LogP contribution is -2.07. The van der Waals surface area contributed by atoms with Gasteiger partial charge in [0.1, 0.15) is 5.69 Å². The highest BCUT2D eigenvalue weighted by Crippen LogP contribution is 2.24. The van der Waals surface area contributed by atoms with Crippen LogP contribution in [0.1, 0.15) is 12.8 Å². The standard InChI is InChI=1S/C13H14F2N4O2/c14-11-7-10(19(20)21)8-12(15)13(11)17-3-1-2-5-18-6-4-16-9-18/h4,6-9,17H,1-3,5H2. The molecule has 21 heavy (non-hydrogen) atoms. The van der Waals surface area contributed by atoms with Crippen LogP contribution in [0.5, 0.6) is 0 Å². The van der Waals surface area contributed by atoms with Crippen molar-refractivity contribution in [1.82, 2.24) is 9.55 Å². The normalized spacial score (nSPS) is 10.6. The Morgan fingerprint density at radius 1 is 1.29 bits per heavy atom. The van der Waals surface area contributed by atoms with Crippen LogP contribution in [0.15, 0.2) is 30.9 Å². The number of aryl methyl sites for hydroxylation is 1. The van der Waals surface area contributed by atoms with Gasteiger partial charge in [-0.1, -0.05) is 0 Å². The molecule has 6 nitrogen and oxygen atoms in total. The molecule has 112 valence electrons. The van der Waals surface area contributed by atoms with Crippen molar-refractivity contribution in [2.24, 2.45) is 0 Å². The number of hydrogen-bond acceptors (Lipinski definition) is 4. The average molecular weight is 296 g/mol. The number of nitro groups is 1. The summed E-state index contributed by atoms with van der Waals surface area (Å²) in [4.78, 5) is 13.5. The van der Waals surface area contributed by atoms with Gasteiger partial charge in [-0.3, -0.25) is 10.1 Å². The number of benzene rings is 1. The summed E-state index contributed by atoms with van der Waals surface area (Å²) in [6.07, 6.45) is 6.74. The zero-order chi connectivity index (χ0) is 15.2. The molecule has 0 amide bonds. The lowest BCUT2D eigenvalue weighted by atomic mass is 10.2. The van der Waals surface area contributed by atoms with Crippen molar-refractivity contribution in [2.75, 3.05) is 11.9 Å². The third-order valence-electron chi connectivity index (χ3n) is 2.94. The molecule has 1 aromatic heterocycles. The second kappa shape index (κ2) is 6.78. The van der Waals surface area contributed by atoms with E-state index in [1.54, 1.807) is 12.5 Å². The second-order valence-electron chi connectivity index (χ2n) is 4.48. The Hall–Kier alpha value is -2.51. The van der Waals surface area contributed by atoms with Crippen LogP contribution in [0.4, 0.5) is 20.2 Å². The summed E-state index contributed by atoms with van der Waals surface area (Å²) in [6, 6.07) is 1.41. The Bertz CT molecular complexity index is 594. The summed E-state index contributed by atoms with van der Waals surface area (Å²) >= 11 is 0. The highest BCUT2D eigenvalue weighted by atomic mass is 19.1. The summed E-state index contributed by atoms with van der Waals surface area (Å²) in [7, 11) is 0. The highest BCUT2D eigenvalue weighted by Gasteiger charge is 2.16. The van der Waals surface area contributed by atoms with E-state index in [9.17, 15) is 18.9 Å². The molecule has 1 heterocycles. The number of hydrogen-bond donors (Lipinski definition) is 1. The van der Waals surface area contributed by atoms with Gasteiger partial charge in [0.25, 0.3) is 5.69 Å². The van der Waals surface area contributed by atoms with E-state index in [0.29, 0.717) is 25.1 Å². The summed E-state index contributed by atoms with van der Waals surface area (Å²) in [5.41, 5.74) is -0.932. The quantitative estimate of drug-likeness (QED) is 0.484. The lowest BCUT2D eigenvalue weighted by Gasteiger charge is -2.09. The predicted octanol–water partition coefficient (Wildman–Crippen LogP) is 2.96. The minimum absolute atomic E-state index is 0.330. The SMILES string of the molecule is O=[N+]([O-])c1cc(F)c(NCCCCn2ccnc2)c(F)c1. The first-order valence-electron chi connectivity index (χ1n) is 6.41. The van der Waals surface area contributed by atoms with E-state index in [0.717, 1.165) is 13.0 Å². The van der Waals surface area contributed by atoms with Gasteiger partial charge in [-0.2, -0.15) is 0 Å². The van der Waals surface area contributed by atoms with Crippen LogP contribution in [-0.4, -0.2) is 21.0 Å². The van der Waals surface area contributed by atoms with Crippen molar-refractivity contribution in [3.63, 3.8) is 0 Å². The molecule has 0 aliphatic carbocycles. The molecule has 0 aliphatic heterocycles. The first-order valence-corrected chi connectivity index (χ1v) is 6.41. The average Bonchev–Trinajstić information content (AvgIpc) is 2.93. The number of halogens is 2. The van der Waals surface area contributed by atoms with E-state index in [1.165, 1.54) is 0 Å². The first-order chi connectivity index (χ1) is 10.1. The summed E-state index contributed by atoms with van der Waals surface area (Å²) < 4.78 is 29.1. The van der Waals surface area contributed by atoms with E-state index >= 15 is 0 Å². The molecular formula is C13H14F2N4O2. The molecule has 2 rings (SSSR count). The third-order valence-corrected chi connectivity index (χ3v) is 2.94. The fourth-order valence-electron chi connectivity index (χ4n) is 1.89. The van der Waals surface area contributed by atoms with Gasteiger partial charge in [0.05, 0.1) is 23.4 Å². The molecule has 8 heteroatoms.